The number of allylic oxidation sites excluding steroid dienone is 2. The highest BCUT2D eigenvalue weighted by molar-refractivity contribution is 9.11. The second kappa shape index (κ2) is 3.35. The molecule has 0 bridgehead atoms. The summed E-state index contributed by atoms with van der Waals surface area (Å²) in [6.45, 7) is 2.24. The molecule has 0 unspecified atom stereocenters. The number of hydrogen-bond acceptors (Lipinski definition) is 1. The minimum Gasteiger partial charge on any atom is -0.132 e. The van der Waals surface area contributed by atoms with E-state index in [0.717, 1.165) is 6.42 Å². The summed E-state index contributed by atoms with van der Waals surface area (Å²) < 4.78 is 1.27. The molecule has 0 saturated carbocycles. The van der Waals surface area contributed by atoms with E-state index >= 15 is 0 Å². The van der Waals surface area contributed by atoms with E-state index in [1.165, 1.54) is 27.1 Å². The zero-order chi connectivity index (χ0) is 8.55. The molecule has 0 nitrogen and oxygen atoms in total. The van der Waals surface area contributed by atoms with Crippen LogP contribution in [0.25, 0.3) is 5.57 Å². The maximum Gasteiger partial charge on any atom is 0.0707 e. The van der Waals surface area contributed by atoms with E-state index < -0.39 is 0 Å². The molecule has 2 heteroatoms. The van der Waals surface area contributed by atoms with Crippen molar-refractivity contribution in [3.63, 3.8) is 0 Å². The largest absolute Gasteiger partial charge is 0.132 e. The van der Waals surface area contributed by atoms with Gasteiger partial charge in [-0.05, 0) is 39.6 Å². The molecule has 12 heavy (non-hydrogen) atoms. The van der Waals surface area contributed by atoms with Crippen molar-refractivity contribution >= 4 is 32.8 Å². The lowest BCUT2D eigenvalue weighted by molar-refractivity contribution is 0.975. The normalized spacial score (nSPS) is 14.7. The number of halogens is 1. The van der Waals surface area contributed by atoms with Crippen LogP contribution in [0.3, 0.4) is 0 Å². The summed E-state index contributed by atoms with van der Waals surface area (Å²) in [4.78, 5) is 1.53. The zero-order valence-electron chi connectivity index (χ0n) is 7.06. The SMILES string of the molecule is CCCC1=CCc2sc(Br)cc21. The first-order valence-corrected chi connectivity index (χ1v) is 5.90. The quantitative estimate of drug-likeness (QED) is 0.728. The molecule has 1 aliphatic carbocycles. The van der Waals surface area contributed by atoms with Crippen molar-refractivity contribution in [2.45, 2.75) is 26.2 Å². The molecule has 0 aliphatic heterocycles. The average molecular weight is 243 g/mol. The van der Waals surface area contributed by atoms with Crippen LogP contribution in [-0.4, -0.2) is 0 Å². The molecule has 0 amide bonds. The Balaban J connectivity index is 2.31. The predicted molar refractivity (Wildman–Crippen MR) is 58.6 cm³/mol. The summed E-state index contributed by atoms with van der Waals surface area (Å²) >= 11 is 5.40. The Hall–Kier alpha value is -0.0800. The highest BCUT2D eigenvalue weighted by Crippen LogP contribution is 2.38. The van der Waals surface area contributed by atoms with Gasteiger partial charge in [0.25, 0.3) is 0 Å². The van der Waals surface area contributed by atoms with E-state index in [9.17, 15) is 0 Å². The molecule has 1 aliphatic rings. The predicted octanol–water partition coefficient (Wildman–Crippen LogP) is 4.25. The van der Waals surface area contributed by atoms with Crippen LogP contribution < -0.4 is 0 Å². The zero-order valence-corrected chi connectivity index (χ0v) is 9.46. The lowest BCUT2D eigenvalue weighted by Gasteiger charge is -1.97. The summed E-state index contributed by atoms with van der Waals surface area (Å²) in [5.74, 6) is 0. The molecule has 0 radical (unpaired) electrons. The van der Waals surface area contributed by atoms with Crippen LogP contribution in [0.15, 0.2) is 15.9 Å². The van der Waals surface area contributed by atoms with Gasteiger partial charge in [-0.1, -0.05) is 19.4 Å². The smallest absolute Gasteiger partial charge is 0.0707 e. The van der Waals surface area contributed by atoms with E-state index in [-0.39, 0.29) is 0 Å². The fourth-order valence-electron chi connectivity index (χ4n) is 1.65. The van der Waals surface area contributed by atoms with Crippen LogP contribution >= 0.6 is 27.3 Å². The van der Waals surface area contributed by atoms with Crippen molar-refractivity contribution in [1.29, 1.82) is 0 Å². The fraction of sp³-hybridized carbons (Fsp3) is 0.400. The first-order valence-electron chi connectivity index (χ1n) is 4.29. The van der Waals surface area contributed by atoms with Gasteiger partial charge in [-0.15, -0.1) is 11.3 Å². The topological polar surface area (TPSA) is 0 Å². The molecule has 2 rings (SSSR count). The van der Waals surface area contributed by atoms with E-state index in [0.29, 0.717) is 0 Å². The molecule has 0 spiro atoms. The van der Waals surface area contributed by atoms with Crippen LogP contribution in [0.5, 0.6) is 0 Å². The Kier molecular flexibility index (Phi) is 2.37. The van der Waals surface area contributed by atoms with Gasteiger partial charge in [0.1, 0.15) is 0 Å². The minimum absolute atomic E-state index is 1.15. The number of fused-ring (bicyclic) bond motifs is 1. The molecule has 1 aromatic heterocycles. The molecule has 0 aromatic carbocycles. The molecule has 0 N–H and O–H groups in total. The average Bonchev–Trinajstić information content (AvgIpc) is 2.52. The van der Waals surface area contributed by atoms with Crippen molar-refractivity contribution in [3.05, 3.63) is 26.4 Å². The van der Waals surface area contributed by atoms with Gasteiger partial charge in [0.05, 0.1) is 3.79 Å². The molecule has 64 valence electrons. The Morgan fingerprint density at radius 2 is 2.42 bits per heavy atom. The Morgan fingerprint density at radius 3 is 3.17 bits per heavy atom. The molecule has 1 aromatic rings. The minimum atomic E-state index is 1.15. The van der Waals surface area contributed by atoms with Gasteiger partial charge in [-0.2, -0.15) is 0 Å². The second-order valence-corrected chi connectivity index (χ2v) is 5.59. The van der Waals surface area contributed by atoms with E-state index in [1.54, 1.807) is 5.57 Å². The van der Waals surface area contributed by atoms with Crippen LogP contribution in [0.1, 0.15) is 30.2 Å². The summed E-state index contributed by atoms with van der Waals surface area (Å²) in [7, 11) is 0. The number of thiophene rings is 1. The standard InChI is InChI=1S/C10H11BrS/c1-2-3-7-4-5-9-8(7)6-10(11)12-9/h4,6H,2-3,5H2,1H3. The van der Waals surface area contributed by atoms with E-state index in [1.807, 2.05) is 11.3 Å². The number of rotatable bonds is 2. The summed E-state index contributed by atoms with van der Waals surface area (Å²) in [6, 6.07) is 2.26. The molecule has 0 atom stereocenters. The van der Waals surface area contributed by atoms with Crippen LogP contribution in [0.2, 0.25) is 0 Å². The second-order valence-electron chi connectivity index (χ2n) is 3.07. The van der Waals surface area contributed by atoms with Gasteiger partial charge in [-0.25, -0.2) is 0 Å². The van der Waals surface area contributed by atoms with Crippen LogP contribution in [0.4, 0.5) is 0 Å². The first kappa shape index (κ1) is 8.52. The lowest BCUT2D eigenvalue weighted by Crippen LogP contribution is -1.76. The maximum atomic E-state index is 3.53. The third-order valence-corrected chi connectivity index (χ3v) is 3.84. The van der Waals surface area contributed by atoms with E-state index in [4.69, 9.17) is 0 Å². The third-order valence-electron chi connectivity index (χ3n) is 2.18. The summed E-state index contributed by atoms with van der Waals surface area (Å²) in [5.41, 5.74) is 3.04. The first-order chi connectivity index (χ1) is 5.81. The molecule has 0 fully saturated rings. The molecular formula is C10H11BrS. The Labute approximate surface area is 85.4 Å². The molecule has 1 heterocycles. The Bertz CT molecular complexity index is 323. The number of hydrogen-bond donors (Lipinski definition) is 0. The van der Waals surface area contributed by atoms with E-state index in [2.05, 4.69) is 35.0 Å². The van der Waals surface area contributed by atoms with Gasteiger partial charge in [-0.3, -0.25) is 0 Å². The van der Waals surface area contributed by atoms with Crippen molar-refractivity contribution in [2.75, 3.05) is 0 Å². The van der Waals surface area contributed by atoms with Gasteiger partial charge in [0, 0.05) is 11.3 Å². The molecule has 0 saturated heterocycles. The van der Waals surface area contributed by atoms with Crippen molar-refractivity contribution in [3.8, 4) is 0 Å². The van der Waals surface area contributed by atoms with Gasteiger partial charge in [0.15, 0.2) is 0 Å². The fourth-order valence-corrected chi connectivity index (χ4v) is 3.35. The van der Waals surface area contributed by atoms with Crippen molar-refractivity contribution in [1.82, 2.24) is 0 Å². The molecular weight excluding hydrogens is 232 g/mol. The lowest BCUT2D eigenvalue weighted by atomic mass is 10.1. The summed E-state index contributed by atoms with van der Waals surface area (Å²) in [6.07, 6.45) is 6.01. The van der Waals surface area contributed by atoms with Gasteiger partial charge in [0.2, 0.25) is 0 Å². The van der Waals surface area contributed by atoms with Crippen molar-refractivity contribution in [2.24, 2.45) is 0 Å². The van der Waals surface area contributed by atoms with Gasteiger partial charge >= 0.3 is 0 Å². The van der Waals surface area contributed by atoms with Crippen LogP contribution in [-0.2, 0) is 6.42 Å². The summed E-state index contributed by atoms with van der Waals surface area (Å²) in [5, 5.41) is 0. The third kappa shape index (κ3) is 1.38. The monoisotopic (exact) mass is 242 g/mol. The Morgan fingerprint density at radius 1 is 1.58 bits per heavy atom. The highest BCUT2D eigenvalue weighted by atomic mass is 79.9. The highest BCUT2D eigenvalue weighted by Gasteiger charge is 2.15. The van der Waals surface area contributed by atoms with Gasteiger partial charge < -0.3 is 0 Å². The van der Waals surface area contributed by atoms with Crippen molar-refractivity contribution < 1.29 is 0 Å². The maximum absolute atomic E-state index is 3.53. The van der Waals surface area contributed by atoms with Crippen LogP contribution in [0, 0.1) is 0 Å².